The lowest BCUT2D eigenvalue weighted by Gasteiger charge is -2.14. The van der Waals surface area contributed by atoms with E-state index >= 15 is 0 Å². The highest BCUT2D eigenvalue weighted by atomic mass is 127. The summed E-state index contributed by atoms with van der Waals surface area (Å²) in [6.07, 6.45) is 1.57. The molecule has 0 bridgehead atoms. The van der Waals surface area contributed by atoms with Gasteiger partial charge >= 0.3 is 0 Å². The quantitative estimate of drug-likeness (QED) is 0.209. The molecule has 1 saturated heterocycles. The van der Waals surface area contributed by atoms with Crippen molar-refractivity contribution in [2.24, 2.45) is 0 Å². The first-order valence-corrected chi connectivity index (χ1v) is 13.4. The summed E-state index contributed by atoms with van der Waals surface area (Å²) in [4.78, 5) is 39.2. The zero-order valence-electron chi connectivity index (χ0n) is 19.3. The molecule has 1 aliphatic heterocycles. The fourth-order valence-corrected chi connectivity index (χ4v) is 4.99. The monoisotopic (exact) mass is 668 g/mol. The Morgan fingerprint density at radius 2 is 1.78 bits per heavy atom. The molecular weight excluding hydrogens is 650 g/mol. The van der Waals surface area contributed by atoms with Gasteiger partial charge in [-0.3, -0.25) is 19.3 Å². The molecule has 1 fully saturated rings. The average molecular weight is 669 g/mol. The molecule has 0 radical (unpaired) electrons. The Kier molecular flexibility index (Phi) is 9.01. The molecule has 37 heavy (non-hydrogen) atoms. The lowest BCUT2D eigenvalue weighted by molar-refractivity contribution is -0.123. The number of hydrogen-bond acceptors (Lipinski definition) is 6. The third kappa shape index (κ3) is 6.98. The molecule has 1 aliphatic rings. The second-order valence-electron chi connectivity index (χ2n) is 7.77. The number of benzene rings is 3. The molecule has 0 atom stereocenters. The highest BCUT2D eigenvalue weighted by Crippen LogP contribution is 2.39. The van der Waals surface area contributed by atoms with Gasteiger partial charge in [-0.1, -0.05) is 35.3 Å². The molecule has 190 valence electrons. The Labute approximate surface area is 241 Å². The Balaban J connectivity index is 1.45. The number of hydrogen-bond donors (Lipinski definition) is 1. The summed E-state index contributed by atoms with van der Waals surface area (Å²) in [5, 5.41) is 3.09. The molecule has 7 nitrogen and oxygen atoms in total. The minimum absolute atomic E-state index is 0.180. The molecule has 0 unspecified atom stereocenters. The second kappa shape index (κ2) is 12.2. The summed E-state index contributed by atoms with van der Waals surface area (Å²) < 4.78 is 12.1. The lowest BCUT2D eigenvalue weighted by atomic mass is 10.1. The van der Waals surface area contributed by atoms with Crippen LogP contribution in [0.3, 0.4) is 0 Å². The number of carbonyl (C=O) groups is 3. The minimum Gasteiger partial charge on any atom is -0.493 e. The number of methoxy groups -OCH3 is 1. The fourth-order valence-electron chi connectivity index (χ4n) is 3.39. The highest BCUT2D eigenvalue weighted by molar-refractivity contribution is 14.1. The van der Waals surface area contributed by atoms with Crippen LogP contribution in [0.15, 0.2) is 65.6 Å². The molecule has 3 aromatic rings. The number of amides is 3. The third-order valence-electron chi connectivity index (χ3n) is 5.15. The summed E-state index contributed by atoms with van der Waals surface area (Å²) in [6.45, 7) is -0.122. The Morgan fingerprint density at radius 3 is 2.46 bits per heavy atom. The molecule has 3 amide bonds. The zero-order valence-corrected chi connectivity index (χ0v) is 23.8. The van der Waals surface area contributed by atoms with Crippen molar-refractivity contribution in [3.8, 4) is 11.5 Å². The van der Waals surface area contributed by atoms with Crippen molar-refractivity contribution in [3.05, 3.63) is 90.3 Å². The van der Waals surface area contributed by atoms with Gasteiger partial charge in [-0.05, 0) is 100 Å². The van der Waals surface area contributed by atoms with E-state index in [0.29, 0.717) is 16.3 Å². The predicted octanol–water partition coefficient (Wildman–Crippen LogP) is 6.86. The van der Waals surface area contributed by atoms with Crippen molar-refractivity contribution in [2.75, 3.05) is 19.0 Å². The van der Waals surface area contributed by atoms with Crippen LogP contribution in [-0.4, -0.2) is 35.7 Å². The van der Waals surface area contributed by atoms with E-state index in [9.17, 15) is 14.4 Å². The van der Waals surface area contributed by atoms with Gasteiger partial charge in [0.05, 0.1) is 23.6 Å². The smallest absolute Gasteiger partial charge is 0.293 e. The van der Waals surface area contributed by atoms with Crippen molar-refractivity contribution >= 4 is 86.4 Å². The Hall–Kier alpha value is -2.73. The van der Waals surface area contributed by atoms with Gasteiger partial charge in [0.1, 0.15) is 0 Å². The summed E-state index contributed by atoms with van der Waals surface area (Å²) in [5.74, 6) is -0.329. The van der Waals surface area contributed by atoms with E-state index in [2.05, 4.69) is 27.9 Å². The van der Waals surface area contributed by atoms with Crippen LogP contribution >= 0.6 is 57.6 Å². The zero-order chi connectivity index (χ0) is 26.5. The summed E-state index contributed by atoms with van der Waals surface area (Å²) in [5.41, 5.74) is 1.97. The summed E-state index contributed by atoms with van der Waals surface area (Å²) in [6, 6.07) is 17.5. The van der Waals surface area contributed by atoms with Gasteiger partial charge in [-0.15, -0.1) is 0 Å². The maximum absolute atomic E-state index is 12.9. The number of rotatable bonds is 8. The van der Waals surface area contributed by atoms with Crippen molar-refractivity contribution in [2.45, 2.75) is 6.54 Å². The van der Waals surface area contributed by atoms with E-state index < -0.39 is 5.91 Å². The van der Waals surface area contributed by atoms with Crippen LogP contribution in [0.25, 0.3) is 6.08 Å². The van der Waals surface area contributed by atoms with E-state index in [1.54, 1.807) is 42.5 Å². The highest BCUT2D eigenvalue weighted by Gasteiger charge is 2.35. The Bertz CT molecular complexity index is 1380. The fraction of sp³-hybridized carbons (Fsp3) is 0.115. The van der Waals surface area contributed by atoms with Crippen LogP contribution in [-0.2, 0) is 16.1 Å². The number of imide groups is 1. The number of thioether (sulfide) groups is 1. The maximum Gasteiger partial charge on any atom is 0.293 e. The standard InChI is InChI=1S/C26H19Cl2IN2O5S/c1-35-21-11-16(10-20(28)24(21)36-14-23(32)30-19-8-4-17(27)5-9-19)12-22-25(33)31(26(34)37-22)13-15-2-6-18(29)7-3-15/h2-12H,13-14H2,1H3,(H,30,32)/b22-12-. The number of carbonyl (C=O) groups excluding carboxylic acids is 3. The summed E-state index contributed by atoms with van der Waals surface area (Å²) in [7, 11) is 1.44. The van der Waals surface area contributed by atoms with E-state index in [4.69, 9.17) is 32.7 Å². The molecule has 0 aliphatic carbocycles. The average Bonchev–Trinajstić information content (AvgIpc) is 3.13. The number of nitrogens with one attached hydrogen (secondary N) is 1. The number of anilines is 1. The van der Waals surface area contributed by atoms with Crippen LogP contribution in [0, 0.1) is 3.57 Å². The van der Waals surface area contributed by atoms with E-state index in [1.165, 1.54) is 12.0 Å². The number of halogens is 3. The van der Waals surface area contributed by atoms with E-state index in [-0.39, 0.29) is 45.7 Å². The van der Waals surface area contributed by atoms with Crippen LogP contribution in [0.1, 0.15) is 11.1 Å². The molecule has 0 aromatic heterocycles. The largest absolute Gasteiger partial charge is 0.493 e. The molecular formula is C26H19Cl2IN2O5S. The van der Waals surface area contributed by atoms with Gasteiger partial charge in [0.25, 0.3) is 17.1 Å². The molecule has 1 N–H and O–H groups in total. The topological polar surface area (TPSA) is 84.9 Å². The second-order valence-corrected chi connectivity index (χ2v) is 10.9. The number of nitrogens with zero attached hydrogens (tertiary/aromatic N) is 1. The van der Waals surface area contributed by atoms with Crippen molar-refractivity contribution in [1.29, 1.82) is 0 Å². The van der Waals surface area contributed by atoms with Crippen molar-refractivity contribution in [1.82, 2.24) is 4.90 Å². The SMILES string of the molecule is COc1cc(/C=C2\SC(=O)N(Cc3ccc(I)cc3)C2=O)cc(Cl)c1OCC(=O)Nc1ccc(Cl)cc1. The van der Waals surface area contributed by atoms with Gasteiger partial charge in [-0.25, -0.2) is 0 Å². The number of ether oxygens (including phenoxy) is 2. The van der Waals surface area contributed by atoms with Crippen LogP contribution < -0.4 is 14.8 Å². The first kappa shape index (κ1) is 27.3. The van der Waals surface area contributed by atoms with Crippen LogP contribution in [0.5, 0.6) is 11.5 Å². The molecule has 0 saturated carbocycles. The molecule has 0 spiro atoms. The van der Waals surface area contributed by atoms with Crippen molar-refractivity contribution in [3.63, 3.8) is 0 Å². The minimum atomic E-state index is -0.397. The maximum atomic E-state index is 12.9. The van der Waals surface area contributed by atoms with Crippen LogP contribution in [0.4, 0.5) is 10.5 Å². The normalized spacial score (nSPS) is 14.3. The van der Waals surface area contributed by atoms with Gasteiger partial charge in [0.15, 0.2) is 18.1 Å². The van der Waals surface area contributed by atoms with E-state index in [1.807, 2.05) is 24.3 Å². The van der Waals surface area contributed by atoms with Gasteiger partial charge in [0.2, 0.25) is 0 Å². The third-order valence-corrected chi connectivity index (χ3v) is 7.31. The molecule has 1 heterocycles. The first-order valence-electron chi connectivity index (χ1n) is 10.8. The molecule has 11 heteroatoms. The van der Waals surface area contributed by atoms with Gasteiger partial charge in [-0.2, -0.15) is 0 Å². The van der Waals surface area contributed by atoms with Gasteiger partial charge in [0, 0.05) is 14.3 Å². The molecule has 4 rings (SSSR count). The first-order chi connectivity index (χ1) is 17.7. The Morgan fingerprint density at radius 1 is 1.08 bits per heavy atom. The van der Waals surface area contributed by atoms with Crippen molar-refractivity contribution < 1.29 is 23.9 Å². The predicted molar refractivity (Wildman–Crippen MR) is 154 cm³/mol. The van der Waals surface area contributed by atoms with E-state index in [0.717, 1.165) is 20.9 Å². The lowest BCUT2D eigenvalue weighted by Crippen LogP contribution is -2.27. The summed E-state index contributed by atoms with van der Waals surface area (Å²) >= 11 is 15.3. The van der Waals surface area contributed by atoms with Gasteiger partial charge < -0.3 is 14.8 Å². The van der Waals surface area contributed by atoms with Crippen LogP contribution in [0.2, 0.25) is 10.0 Å². The molecule has 3 aromatic carbocycles.